The molecule has 0 aliphatic rings. The number of anilines is 1. The van der Waals surface area contributed by atoms with Crippen molar-refractivity contribution in [3.8, 4) is 0 Å². The predicted octanol–water partition coefficient (Wildman–Crippen LogP) is 2.87. The van der Waals surface area contributed by atoms with Crippen LogP contribution in [0.5, 0.6) is 0 Å². The van der Waals surface area contributed by atoms with E-state index in [1.165, 1.54) is 0 Å². The van der Waals surface area contributed by atoms with Gasteiger partial charge in [0.1, 0.15) is 5.82 Å². The molecule has 0 aliphatic carbocycles. The van der Waals surface area contributed by atoms with Gasteiger partial charge in [-0.25, -0.2) is 4.98 Å². The summed E-state index contributed by atoms with van der Waals surface area (Å²) in [6.45, 7) is 6.53. The second-order valence-corrected chi connectivity index (χ2v) is 5.25. The molecular weight excluding hydrogens is 250 g/mol. The number of hydrogen-bond acceptors (Lipinski definition) is 3. The molecule has 1 aromatic heterocycles. The van der Waals surface area contributed by atoms with Gasteiger partial charge in [0.25, 0.3) is 0 Å². The van der Waals surface area contributed by atoms with Gasteiger partial charge in [-0.3, -0.25) is 4.79 Å². The Bertz CT molecular complexity index is 608. The van der Waals surface area contributed by atoms with Crippen LogP contribution in [-0.4, -0.2) is 23.5 Å². The number of carbonyl (C=O) groups excluding carboxylic acids is 1. The number of pyridine rings is 1. The Morgan fingerprint density at radius 2 is 2.05 bits per heavy atom. The topological polar surface area (TPSA) is 54.0 Å². The second-order valence-electron chi connectivity index (χ2n) is 5.25. The molecule has 0 bridgehead atoms. The number of nitrogens with zero attached hydrogens (tertiary/aromatic N) is 1. The highest BCUT2D eigenvalue weighted by Gasteiger charge is 2.05. The zero-order chi connectivity index (χ0) is 14.5. The first-order chi connectivity index (χ1) is 9.56. The summed E-state index contributed by atoms with van der Waals surface area (Å²) in [5.74, 6) is 0.909. The number of carbonyl (C=O) groups is 1. The van der Waals surface area contributed by atoms with Gasteiger partial charge in [-0.1, -0.05) is 18.2 Å². The molecule has 1 heterocycles. The molecule has 0 aliphatic heterocycles. The third kappa shape index (κ3) is 3.70. The molecule has 2 aromatic rings. The SMILES string of the molecule is Cc1cc2ccccc2nc1NCCC(=O)NC(C)C. The number of nitrogens with one attached hydrogen (secondary N) is 2. The zero-order valence-corrected chi connectivity index (χ0v) is 12.2. The fraction of sp³-hybridized carbons (Fsp3) is 0.375. The standard InChI is InChI=1S/C16H21N3O/c1-11(2)18-15(20)8-9-17-16-12(3)10-13-6-4-5-7-14(13)19-16/h4-7,10-11H,8-9H2,1-3H3,(H,17,19)(H,18,20). The van der Waals surface area contributed by atoms with Crippen LogP contribution in [0.1, 0.15) is 25.8 Å². The molecule has 0 unspecified atom stereocenters. The van der Waals surface area contributed by atoms with Crippen LogP contribution in [0, 0.1) is 6.92 Å². The molecule has 2 N–H and O–H groups in total. The fourth-order valence-electron chi connectivity index (χ4n) is 2.09. The van der Waals surface area contributed by atoms with E-state index in [1.807, 2.05) is 39.0 Å². The summed E-state index contributed by atoms with van der Waals surface area (Å²) in [6.07, 6.45) is 0.451. The number of rotatable bonds is 5. The molecule has 4 nitrogen and oxygen atoms in total. The van der Waals surface area contributed by atoms with Crippen molar-refractivity contribution in [1.82, 2.24) is 10.3 Å². The Labute approximate surface area is 119 Å². The van der Waals surface area contributed by atoms with Crippen molar-refractivity contribution in [3.63, 3.8) is 0 Å². The van der Waals surface area contributed by atoms with Crippen molar-refractivity contribution in [2.45, 2.75) is 33.2 Å². The van der Waals surface area contributed by atoms with E-state index in [2.05, 4.69) is 27.8 Å². The Morgan fingerprint density at radius 3 is 2.80 bits per heavy atom. The summed E-state index contributed by atoms with van der Waals surface area (Å²) < 4.78 is 0. The van der Waals surface area contributed by atoms with Crippen LogP contribution in [-0.2, 0) is 4.79 Å². The lowest BCUT2D eigenvalue weighted by molar-refractivity contribution is -0.121. The molecule has 0 saturated carbocycles. The van der Waals surface area contributed by atoms with Gasteiger partial charge < -0.3 is 10.6 Å². The minimum absolute atomic E-state index is 0.0611. The number of amides is 1. The molecule has 0 atom stereocenters. The quantitative estimate of drug-likeness (QED) is 0.879. The summed E-state index contributed by atoms with van der Waals surface area (Å²) in [7, 11) is 0. The third-order valence-corrected chi connectivity index (χ3v) is 3.01. The molecule has 106 valence electrons. The average molecular weight is 271 g/mol. The zero-order valence-electron chi connectivity index (χ0n) is 12.2. The molecule has 0 radical (unpaired) electrons. The summed E-state index contributed by atoms with van der Waals surface area (Å²) in [5, 5.41) is 7.24. The lowest BCUT2D eigenvalue weighted by atomic mass is 10.1. The predicted molar refractivity (Wildman–Crippen MR) is 82.9 cm³/mol. The normalized spacial score (nSPS) is 10.8. The highest BCUT2D eigenvalue weighted by atomic mass is 16.1. The first-order valence-corrected chi connectivity index (χ1v) is 6.96. The van der Waals surface area contributed by atoms with E-state index in [4.69, 9.17) is 0 Å². The molecular formula is C16H21N3O. The molecule has 1 aromatic carbocycles. The lowest BCUT2D eigenvalue weighted by Crippen LogP contribution is -2.31. The van der Waals surface area contributed by atoms with Crippen molar-refractivity contribution in [2.24, 2.45) is 0 Å². The van der Waals surface area contributed by atoms with Gasteiger partial charge in [-0.05, 0) is 38.5 Å². The minimum Gasteiger partial charge on any atom is -0.369 e. The van der Waals surface area contributed by atoms with E-state index in [9.17, 15) is 4.79 Å². The van der Waals surface area contributed by atoms with Gasteiger partial charge in [0, 0.05) is 24.4 Å². The van der Waals surface area contributed by atoms with Crippen LogP contribution < -0.4 is 10.6 Å². The molecule has 1 amide bonds. The van der Waals surface area contributed by atoms with E-state index >= 15 is 0 Å². The van der Waals surface area contributed by atoms with Crippen LogP contribution in [0.25, 0.3) is 10.9 Å². The van der Waals surface area contributed by atoms with Crippen LogP contribution in [0.15, 0.2) is 30.3 Å². The van der Waals surface area contributed by atoms with Gasteiger partial charge in [0.2, 0.25) is 5.91 Å². The van der Waals surface area contributed by atoms with Crippen molar-refractivity contribution in [1.29, 1.82) is 0 Å². The smallest absolute Gasteiger partial charge is 0.221 e. The van der Waals surface area contributed by atoms with Crippen molar-refractivity contribution in [3.05, 3.63) is 35.9 Å². The van der Waals surface area contributed by atoms with Crippen LogP contribution in [0.4, 0.5) is 5.82 Å². The molecule has 2 rings (SSSR count). The van der Waals surface area contributed by atoms with E-state index in [0.29, 0.717) is 13.0 Å². The van der Waals surface area contributed by atoms with Gasteiger partial charge >= 0.3 is 0 Å². The van der Waals surface area contributed by atoms with E-state index in [0.717, 1.165) is 22.3 Å². The summed E-state index contributed by atoms with van der Waals surface area (Å²) in [4.78, 5) is 16.2. The summed E-state index contributed by atoms with van der Waals surface area (Å²) in [6, 6.07) is 10.3. The Morgan fingerprint density at radius 1 is 1.30 bits per heavy atom. The Hall–Kier alpha value is -2.10. The maximum Gasteiger partial charge on any atom is 0.221 e. The maximum atomic E-state index is 11.6. The number of aromatic nitrogens is 1. The fourth-order valence-corrected chi connectivity index (χ4v) is 2.09. The number of hydrogen-bond donors (Lipinski definition) is 2. The van der Waals surface area contributed by atoms with E-state index in [-0.39, 0.29) is 11.9 Å². The maximum absolute atomic E-state index is 11.6. The van der Waals surface area contributed by atoms with Crippen molar-refractivity contribution in [2.75, 3.05) is 11.9 Å². The molecule has 0 fully saturated rings. The van der Waals surface area contributed by atoms with E-state index < -0.39 is 0 Å². The largest absolute Gasteiger partial charge is 0.369 e. The first-order valence-electron chi connectivity index (χ1n) is 6.96. The van der Waals surface area contributed by atoms with Gasteiger partial charge in [0.15, 0.2) is 0 Å². The van der Waals surface area contributed by atoms with Crippen molar-refractivity contribution < 1.29 is 4.79 Å². The molecule has 0 spiro atoms. The summed E-state index contributed by atoms with van der Waals surface area (Å²) >= 11 is 0. The number of aryl methyl sites for hydroxylation is 1. The Balaban J connectivity index is 1.99. The minimum atomic E-state index is 0.0611. The average Bonchev–Trinajstić information content (AvgIpc) is 2.38. The van der Waals surface area contributed by atoms with Gasteiger partial charge in [-0.2, -0.15) is 0 Å². The van der Waals surface area contributed by atoms with Crippen LogP contribution >= 0.6 is 0 Å². The third-order valence-electron chi connectivity index (χ3n) is 3.01. The van der Waals surface area contributed by atoms with Gasteiger partial charge in [-0.15, -0.1) is 0 Å². The van der Waals surface area contributed by atoms with E-state index in [1.54, 1.807) is 0 Å². The number of benzene rings is 1. The number of fused-ring (bicyclic) bond motifs is 1. The summed E-state index contributed by atoms with van der Waals surface area (Å²) in [5.41, 5.74) is 2.06. The second kappa shape index (κ2) is 6.37. The molecule has 0 saturated heterocycles. The lowest BCUT2D eigenvalue weighted by Gasteiger charge is -2.11. The highest BCUT2D eigenvalue weighted by molar-refractivity contribution is 5.81. The van der Waals surface area contributed by atoms with Crippen LogP contribution in [0.2, 0.25) is 0 Å². The number of para-hydroxylation sites is 1. The molecule has 4 heteroatoms. The highest BCUT2D eigenvalue weighted by Crippen LogP contribution is 2.19. The van der Waals surface area contributed by atoms with Crippen molar-refractivity contribution >= 4 is 22.6 Å². The van der Waals surface area contributed by atoms with Crippen LogP contribution in [0.3, 0.4) is 0 Å². The monoisotopic (exact) mass is 271 g/mol. The van der Waals surface area contributed by atoms with Gasteiger partial charge in [0.05, 0.1) is 5.52 Å². The first kappa shape index (κ1) is 14.3. The Kier molecular flexibility index (Phi) is 4.56. The molecule has 20 heavy (non-hydrogen) atoms.